The van der Waals surface area contributed by atoms with Gasteiger partial charge in [0, 0.05) is 12.5 Å². The van der Waals surface area contributed by atoms with E-state index in [9.17, 15) is 4.79 Å². The molecule has 3 heteroatoms. The number of nitrogens with zero attached hydrogens (tertiary/aromatic N) is 1. The van der Waals surface area contributed by atoms with Gasteiger partial charge in [-0.25, -0.2) is 0 Å². The molecule has 1 fully saturated rings. The van der Waals surface area contributed by atoms with E-state index in [0.29, 0.717) is 19.0 Å². The summed E-state index contributed by atoms with van der Waals surface area (Å²) in [5.74, 6) is 2.07. The highest BCUT2D eigenvalue weighted by atomic mass is 16.3. The molecule has 2 rings (SSSR count). The molecule has 1 aromatic rings. The van der Waals surface area contributed by atoms with E-state index in [1.54, 1.807) is 0 Å². The summed E-state index contributed by atoms with van der Waals surface area (Å²) in [6.07, 6.45) is 3.86. The van der Waals surface area contributed by atoms with E-state index >= 15 is 0 Å². The maximum absolute atomic E-state index is 11.9. The van der Waals surface area contributed by atoms with Gasteiger partial charge in [-0.15, -0.1) is 0 Å². The molecule has 1 aromatic heterocycles. The number of furan rings is 1. The van der Waals surface area contributed by atoms with Gasteiger partial charge in [-0.3, -0.25) is 4.79 Å². The van der Waals surface area contributed by atoms with Gasteiger partial charge in [-0.1, -0.05) is 6.92 Å². The van der Waals surface area contributed by atoms with Gasteiger partial charge in [0.2, 0.25) is 5.91 Å². The maximum Gasteiger partial charge on any atom is 0.223 e. The summed E-state index contributed by atoms with van der Waals surface area (Å²) >= 11 is 0. The van der Waals surface area contributed by atoms with Crippen molar-refractivity contribution in [1.29, 1.82) is 0 Å². The third-order valence-corrected chi connectivity index (χ3v) is 2.89. The van der Waals surface area contributed by atoms with Crippen LogP contribution in [0.3, 0.4) is 0 Å². The predicted molar refractivity (Wildman–Crippen MR) is 61.9 cm³/mol. The Morgan fingerprint density at radius 2 is 2.25 bits per heavy atom. The molecule has 0 aliphatic heterocycles. The van der Waals surface area contributed by atoms with Gasteiger partial charge in [-0.2, -0.15) is 0 Å². The van der Waals surface area contributed by atoms with Crippen molar-refractivity contribution in [2.45, 2.75) is 52.1 Å². The van der Waals surface area contributed by atoms with Crippen molar-refractivity contribution in [2.24, 2.45) is 0 Å². The van der Waals surface area contributed by atoms with E-state index in [0.717, 1.165) is 30.8 Å². The molecule has 0 bridgehead atoms. The Balaban J connectivity index is 2.00. The Labute approximate surface area is 96.4 Å². The minimum atomic E-state index is 0.263. The van der Waals surface area contributed by atoms with Crippen molar-refractivity contribution in [3.8, 4) is 0 Å². The van der Waals surface area contributed by atoms with Crippen molar-refractivity contribution in [3.63, 3.8) is 0 Å². The molecule has 16 heavy (non-hydrogen) atoms. The number of amides is 1. The fraction of sp³-hybridized carbons (Fsp3) is 0.615. The molecule has 88 valence electrons. The quantitative estimate of drug-likeness (QED) is 0.766. The first-order valence-electron chi connectivity index (χ1n) is 6.05. The second kappa shape index (κ2) is 4.73. The predicted octanol–water partition coefficient (Wildman–Crippen LogP) is 2.88. The molecule has 1 aliphatic rings. The highest BCUT2D eigenvalue weighted by Gasteiger charge is 2.32. The second-order valence-corrected chi connectivity index (χ2v) is 4.52. The fourth-order valence-electron chi connectivity index (χ4n) is 1.90. The molecule has 0 unspecified atom stereocenters. The Kier molecular flexibility index (Phi) is 3.32. The van der Waals surface area contributed by atoms with Crippen LogP contribution in [0.4, 0.5) is 0 Å². The van der Waals surface area contributed by atoms with Crippen LogP contribution in [0.5, 0.6) is 0 Å². The average molecular weight is 221 g/mol. The maximum atomic E-state index is 11.9. The lowest BCUT2D eigenvalue weighted by Gasteiger charge is -2.21. The Bertz CT molecular complexity index is 366. The highest BCUT2D eigenvalue weighted by Crippen LogP contribution is 2.29. The largest absolute Gasteiger partial charge is 0.464 e. The zero-order chi connectivity index (χ0) is 11.5. The SMILES string of the molecule is CCCC(=O)N(Cc1ccc(C)o1)C1CC1. The smallest absolute Gasteiger partial charge is 0.223 e. The lowest BCUT2D eigenvalue weighted by molar-refractivity contribution is -0.132. The van der Waals surface area contributed by atoms with Crippen LogP contribution in [0.2, 0.25) is 0 Å². The van der Waals surface area contributed by atoms with E-state index in [1.807, 2.05) is 30.9 Å². The molecular formula is C13H19NO2. The van der Waals surface area contributed by atoms with Crippen LogP contribution < -0.4 is 0 Å². The third-order valence-electron chi connectivity index (χ3n) is 2.89. The summed E-state index contributed by atoms with van der Waals surface area (Å²) in [4.78, 5) is 13.9. The number of rotatable bonds is 5. The molecular weight excluding hydrogens is 202 g/mol. The van der Waals surface area contributed by atoms with Crippen molar-refractivity contribution >= 4 is 5.91 Å². The zero-order valence-electron chi connectivity index (χ0n) is 10.0. The monoisotopic (exact) mass is 221 g/mol. The first-order chi connectivity index (χ1) is 7.70. The summed E-state index contributed by atoms with van der Waals surface area (Å²) in [5.41, 5.74) is 0. The molecule has 1 aliphatic carbocycles. The molecule has 0 aromatic carbocycles. The van der Waals surface area contributed by atoms with Crippen LogP contribution in [-0.2, 0) is 11.3 Å². The van der Waals surface area contributed by atoms with Gasteiger partial charge in [-0.05, 0) is 38.3 Å². The standard InChI is InChI=1S/C13H19NO2/c1-3-4-13(15)14(11-6-7-11)9-12-8-5-10(2)16-12/h5,8,11H,3-4,6-7,9H2,1-2H3. The topological polar surface area (TPSA) is 33.5 Å². The number of carbonyl (C=O) groups is 1. The Morgan fingerprint density at radius 1 is 1.50 bits per heavy atom. The summed E-state index contributed by atoms with van der Waals surface area (Å²) < 4.78 is 5.53. The molecule has 0 radical (unpaired) electrons. The molecule has 0 N–H and O–H groups in total. The van der Waals surface area contributed by atoms with E-state index in [4.69, 9.17) is 4.42 Å². The van der Waals surface area contributed by atoms with Gasteiger partial charge in [0.25, 0.3) is 0 Å². The number of aryl methyl sites for hydroxylation is 1. The second-order valence-electron chi connectivity index (χ2n) is 4.52. The van der Waals surface area contributed by atoms with Crippen molar-refractivity contribution < 1.29 is 9.21 Å². The van der Waals surface area contributed by atoms with Crippen molar-refractivity contribution in [2.75, 3.05) is 0 Å². The molecule has 1 saturated carbocycles. The lowest BCUT2D eigenvalue weighted by Crippen LogP contribution is -2.32. The van der Waals surface area contributed by atoms with Gasteiger partial charge in [0.15, 0.2) is 0 Å². The van der Waals surface area contributed by atoms with Crippen molar-refractivity contribution in [1.82, 2.24) is 4.90 Å². The van der Waals surface area contributed by atoms with Gasteiger partial charge in [0.1, 0.15) is 11.5 Å². The van der Waals surface area contributed by atoms with E-state index in [1.165, 1.54) is 0 Å². The minimum absolute atomic E-state index is 0.263. The summed E-state index contributed by atoms with van der Waals surface area (Å²) in [5, 5.41) is 0. The Morgan fingerprint density at radius 3 is 2.75 bits per heavy atom. The van der Waals surface area contributed by atoms with Gasteiger partial charge >= 0.3 is 0 Å². The molecule has 0 saturated heterocycles. The minimum Gasteiger partial charge on any atom is -0.464 e. The van der Waals surface area contributed by atoms with E-state index in [2.05, 4.69) is 0 Å². The molecule has 1 heterocycles. The van der Waals surface area contributed by atoms with Crippen LogP contribution in [-0.4, -0.2) is 16.8 Å². The van der Waals surface area contributed by atoms with Crippen LogP contribution in [0.25, 0.3) is 0 Å². The van der Waals surface area contributed by atoms with Crippen LogP contribution >= 0.6 is 0 Å². The van der Waals surface area contributed by atoms with Crippen LogP contribution in [0, 0.1) is 6.92 Å². The molecule has 0 atom stereocenters. The van der Waals surface area contributed by atoms with E-state index in [-0.39, 0.29) is 5.91 Å². The third kappa shape index (κ3) is 2.65. The van der Waals surface area contributed by atoms with Crippen molar-refractivity contribution in [3.05, 3.63) is 23.7 Å². The first kappa shape index (κ1) is 11.2. The summed E-state index contributed by atoms with van der Waals surface area (Å²) in [6, 6.07) is 4.37. The molecule has 0 spiro atoms. The zero-order valence-corrected chi connectivity index (χ0v) is 10.0. The van der Waals surface area contributed by atoms with E-state index < -0.39 is 0 Å². The lowest BCUT2D eigenvalue weighted by atomic mass is 10.2. The van der Waals surface area contributed by atoms with Gasteiger partial charge in [0.05, 0.1) is 6.54 Å². The summed E-state index contributed by atoms with van der Waals surface area (Å²) in [6.45, 7) is 4.61. The first-order valence-corrected chi connectivity index (χ1v) is 6.05. The molecule has 3 nitrogen and oxygen atoms in total. The highest BCUT2D eigenvalue weighted by molar-refractivity contribution is 5.76. The number of hydrogen-bond acceptors (Lipinski definition) is 2. The van der Waals surface area contributed by atoms with Gasteiger partial charge < -0.3 is 9.32 Å². The number of carbonyl (C=O) groups excluding carboxylic acids is 1. The normalized spacial score (nSPS) is 15.1. The molecule has 1 amide bonds. The number of hydrogen-bond donors (Lipinski definition) is 0. The van der Waals surface area contributed by atoms with Crippen LogP contribution in [0.1, 0.15) is 44.1 Å². The Hall–Kier alpha value is -1.25. The summed E-state index contributed by atoms with van der Waals surface area (Å²) in [7, 11) is 0. The van der Waals surface area contributed by atoms with Crippen LogP contribution in [0.15, 0.2) is 16.5 Å². The average Bonchev–Trinajstić information content (AvgIpc) is 3.00. The fourth-order valence-corrected chi connectivity index (χ4v) is 1.90.